The molecule has 4 nitrogen and oxygen atoms in total. The molecule has 0 saturated carbocycles. The van der Waals surface area contributed by atoms with Crippen LogP contribution in [-0.4, -0.2) is 10.1 Å². The number of aromatic nitrogens is 2. The second-order valence-electron chi connectivity index (χ2n) is 5.17. The molecule has 0 aliphatic heterocycles. The largest absolute Gasteiger partial charge is 0.367 e. The minimum atomic E-state index is 0.272. The predicted molar refractivity (Wildman–Crippen MR) is 92.1 cm³/mol. The first-order chi connectivity index (χ1) is 11.2. The maximum atomic E-state index is 5.96. The molecule has 0 spiro atoms. The van der Waals surface area contributed by atoms with E-state index in [0.29, 0.717) is 10.7 Å². The molecule has 5 heteroatoms. The van der Waals surface area contributed by atoms with Crippen LogP contribution in [0.15, 0.2) is 65.2 Å². The summed E-state index contributed by atoms with van der Waals surface area (Å²) in [6, 6.07) is 19.5. The Morgan fingerprint density at radius 1 is 0.913 bits per heavy atom. The second-order valence-corrected chi connectivity index (χ2v) is 5.61. The monoisotopic (exact) mass is 321 g/mol. The zero-order chi connectivity index (χ0) is 15.8. The third-order valence-corrected chi connectivity index (χ3v) is 3.95. The highest BCUT2D eigenvalue weighted by atomic mass is 35.5. The highest BCUT2D eigenvalue weighted by molar-refractivity contribution is 6.30. The van der Waals surface area contributed by atoms with E-state index in [1.807, 2.05) is 60.7 Å². The third-order valence-electron chi connectivity index (χ3n) is 3.70. The van der Waals surface area contributed by atoms with E-state index in [1.165, 1.54) is 0 Å². The molecule has 2 aromatic heterocycles. The molecule has 4 aromatic rings. The van der Waals surface area contributed by atoms with E-state index in [9.17, 15) is 0 Å². The van der Waals surface area contributed by atoms with Gasteiger partial charge in [0.2, 0.25) is 11.5 Å². The molecule has 112 valence electrons. The van der Waals surface area contributed by atoms with Crippen molar-refractivity contribution in [2.24, 2.45) is 0 Å². The van der Waals surface area contributed by atoms with Gasteiger partial charge in [0.05, 0.1) is 11.1 Å². The third kappa shape index (κ3) is 2.43. The fraction of sp³-hybridized carbons (Fsp3) is 0. The Hall–Kier alpha value is -2.85. The lowest BCUT2D eigenvalue weighted by Gasteiger charge is -2.07. The van der Waals surface area contributed by atoms with Gasteiger partial charge in [0.1, 0.15) is 0 Å². The van der Waals surface area contributed by atoms with Crippen molar-refractivity contribution < 1.29 is 4.52 Å². The van der Waals surface area contributed by atoms with Crippen LogP contribution < -0.4 is 5.73 Å². The summed E-state index contributed by atoms with van der Waals surface area (Å²) in [6.07, 6.45) is 0. The molecule has 23 heavy (non-hydrogen) atoms. The van der Waals surface area contributed by atoms with Gasteiger partial charge in [-0.25, -0.2) is 4.98 Å². The van der Waals surface area contributed by atoms with Crippen LogP contribution in [0.5, 0.6) is 0 Å². The van der Waals surface area contributed by atoms with Gasteiger partial charge in [-0.2, -0.15) is 0 Å². The lowest BCUT2D eigenvalue weighted by molar-refractivity contribution is 0.443. The second kappa shape index (κ2) is 5.41. The van der Waals surface area contributed by atoms with E-state index in [2.05, 4.69) is 10.1 Å². The van der Waals surface area contributed by atoms with Gasteiger partial charge in [-0.1, -0.05) is 59.2 Å². The van der Waals surface area contributed by atoms with Gasteiger partial charge < -0.3 is 10.3 Å². The fourth-order valence-corrected chi connectivity index (χ4v) is 2.72. The summed E-state index contributed by atoms with van der Waals surface area (Å²) in [5, 5.41) is 5.39. The molecule has 0 radical (unpaired) electrons. The van der Waals surface area contributed by atoms with Crippen molar-refractivity contribution in [1.29, 1.82) is 0 Å². The van der Waals surface area contributed by atoms with Gasteiger partial charge in [-0.05, 0) is 23.8 Å². The quantitative estimate of drug-likeness (QED) is 0.576. The van der Waals surface area contributed by atoms with Crippen LogP contribution in [-0.2, 0) is 0 Å². The van der Waals surface area contributed by atoms with E-state index in [1.54, 1.807) is 0 Å². The van der Waals surface area contributed by atoms with Gasteiger partial charge in [-0.15, -0.1) is 0 Å². The van der Waals surface area contributed by atoms with Crippen molar-refractivity contribution in [3.8, 4) is 22.4 Å². The SMILES string of the molecule is Nc1onc2nc(-c3ccc(Cl)cc3)cc(-c3ccccc3)c12. The van der Waals surface area contributed by atoms with Gasteiger partial charge in [-0.3, -0.25) is 0 Å². The van der Waals surface area contributed by atoms with E-state index >= 15 is 0 Å². The lowest BCUT2D eigenvalue weighted by Crippen LogP contribution is -1.90. The highest BCUT2D eigenvalue weighted by Crippen LogP contribution is 2.35. The Bertz CT molecular complexity index is 979. The van der Waals surface area contributed by atoms with E-state index < -0.39 is 0 Å². The molecule has 2 aromatic carbocycles. The number of hydrogen-bond donors (Lipinski definition) is 1. The average molecular weight is 322 g/mol. The first-order valence-electron chi connectivity index (χ1n) is 7.09. The molecule has 0 atom stereocenters. The van der Waals surface area contributed by atoms with Crippen molar-refractivity contribution in [3.05, 3.63) is 65.7 Å². The number of benzene rings is 2. The molecule has 0 amide bonds. The molecule has 0 aliphatic carbocycles. The molecule has 2 heterocycles. The predicted octanol–water partition coefficient (Wildman–Crippen LogP) is 4.79. The maximum Gasteiger partial charge on any atom is 0.232 e. The van der Waals surface area contributed by atoms with Gasteiger partial charge in [0, 0.05) is 16.1 Å². The van der Waals surface area contributed by atoms with E-state index in [4.69, 9.17) is 21.9 Å². The zero-order valence-corrected chi connectivity index (χ0v) is 12.8. The Kier molecular flexibility index (Phi) is 3.24. The molecule has 0 fully saturated rings. The Balaban J connectivity index is 2.00. The Morgan fingerprint density at radius 2 is 1.65 bits per heavy atom. The van der Waals surface area contributed by atoms with Gasteiger partial charge in [0.25, 0.3) is 0 Å². The van der Waals surface area contributed by atoms with Crippen molar-refractivity contribution in [3.63, 3.8) is 0 Å². The number of rotatable bonds is 2. The van der Waals surface area contributed by atoms with Crippen LogP contribution in [0.3, 0.4) is 0 Å². The number of nitrogen functional groups attached to an aromatic ring is 1. The molecule has 0 unspecified atom stereocenters. The standard InChI is InChI=1S/C18H12ClN3O/c19-13-8-6-12(7-9-13)15-10-14(11-4-2-1-3-5-11)16-17(20)23-22-18(16)21-15/h1-10H,20H2. The van der Waals surface area contributed by atoms with E-state index in [0.717, 1.165) is 27.8 Å². The van der Waals surface area contributed by atoms with Crippen LogP contribution in [0.1, 0.15) is 0 Å². The molecule has 0 aliphatic rings. The molecule has 0 bridgehead atoms. The minimum Gasteiger partial charge on any atom is -0.367 e. The smallest absolute Gasteiger partial charge is 0.232 e. The minimum absolute atomic E-state index is 0.272. The van der Waals surface area contributed by atoms with Crippen molar-refractivity contribution in [2.45, 2.75) is 0 Å². The molecular weight excluding hydrogens is 310 g/mol. The van der Waals surface area contributed by atoms with Crippen molar-refractivity contribution in [2.75, 3.05) is 5.73 Å². The summed E-state index contributed by atoms with van der Waals surface area (Å²) in [4.78, 5) is 4.55. The first kappa shape index (κ1) is 13.8. The molecular formula is C18H12ClN3O. The fourth-order valence-electron chi connectivity index (χ4n) is 2.59. The lowest BCUT2D eigenvalue weighted by atomic mass is 10.0. The number of anilines is 1. The number of hydrogen-bond acceptors (Lipinski definition) is 4. The Labute approximate surface area is 137 Å². The average Bonchev–Trinajstić information content (AvgIpc) is 2.97. The molecule has 4 rings (SSSR count). The number of nitrogens with zero attached hydrogens (tertiary/aromatic N) is 2. The summed E-state index contributed by atoms with van der Waals surface area (Å²) in [5.74, 6) is 0.272. The van der Waals surface area contributed by atoms with Crippen LogP contribution in [0, 0.1) is 0 Å². The normalized spacial score (nSPS) is 11.0. The number of pyridine rings is 1. The highest BCUT2D eigenvalue weighted by Gasteiger charge is 2.16. The summed E-state index contributed by atoms with van der Waals surface area (Å²) in [7, 11) is 0. The first-order valence-corrected chi connectivity index (χ1v) is 7.47. The molecule has 0 saturated heterocycles. The van der Waals surface area contributed by atoms with Crippen LogP contribution >= 0.6 is 11.6 Å². The number of halogens is 1. The Morgan fingerprint density at radius 3 is 2.39 bits per heavy atom. The van der Waals surface area contributed by atoms with Crippen LogP contribution in [0.4, 0.5) is 5.88 Å². The number of fused-ring (bicyclic) bond motifs is 1. The van der Waals surface area contributed by atoms with Gasteiger partial charge >= 0.3 is 0 Å². The summed E-state index contributed by atoms with van der Waals surface area (Å²) >= 11 is 5.96. The van der Waals surface area contributed by atoms with Crippen LogP contribution in [0.2, 0.25) is 5.02 Å². The summed E-state index contributed by atoms with van der Waals surface area (Å²) in [5.41, 5.74) is 10.2. The van der Waals surface area contributed by atoms with E-state index in [-0.39, 0.29) is 5.88 Å². The van der Waals surface area contributed by atoms with Gasteiger partial charge in [0.15, 0.2) is 0 Å². The van der Waals surface area contributed by atoms with Crippen molar-refractivity contribution in [1.82, 2.24) is 10.1 Å². The summed E-state index contributed by atoms with van der Waals surface area (Å²) < 4.78 is 5.13. The van der Waals surface area contributed by atoms with Crippen molar-refractivity contribution >= 4 is 28.5 Å². The molecule has 2 N–H and O–H groups in total. The zero-order valence-electron chi connectivity index (χ0n) is 12.0. The topological polar surface area (TPSA) is 64.9 Å². The maximum absolute atomic E-state index is 5.96. The van der Waals surface area contributed by atoms with Crippen LogP contribution in [0.25, 0.3) is 33.4 Å². The summed E-state index contributed by atoms with van der Waals surface area (Å²) in [6.45, 7) is 0. The number of nitrogens with two attached hydrogens (primary N) is 1.